The van der Waals surface area contributed by atoms with E-state index >= 15 is 0 Å². The average Bonchev–Trinajstić information content (AvgIpc) is 3.53. The van der Waals surface area contributed by atoms with Gasteiger partial charge < -0.3 is 10.5 Å². The van der Waals surface area contributed by atoms with Crippen LogP contribution in [0.2, 0.25) is 5.02 Å². The first-order chi connectivity index (χ1) is 15.4. The highest BCUT2D eigenvalue weighted by Crippen LogP contribution is 2.40. The molecule has 1 saturated carbocycles. The summed E-state index contributed by atoms with van der Waals surface area (Å²) in [4.78, 5) is 5.74. The fraction of sp³-hybridized carbons (Fsp3) is 0.346. The smallest absolute Gasteiger partial charge is 0.167 e. The van der Waals surface area contributed by atoms with Crippen molar-refractivity contribution in [1.82, 2.24) is 4.98 Å². The minimum absolute atomic E-state index is 0. The monoisotopic (exact) mass is 504 g/mol. The highest BCUT2D eigenvalue weighted by atomic mass is 35.5. The van der Waals surface area contributed by atoms with Gasteiger partial charge in [-0.25, -0.2) is 9.37 Å². The number of thiazole rings is 1. The van der Waals surface area contributed by atoms with E-state index in [1.807, 2.05) is 31.2 Å². The molecule has 2 aromatic carbocycles. The average molecular weight is 505 g/mol. The normalized spacial score (nSPS) is 14.6. The number of halogens is 3. The third kappa shape index (κ3) is 6.07. The van der Waals surface area contributed by atoms with Crippen molar-refractivity contribution in [3.05, 3.63) is 68.2 Å². The van der Waals surface area contributed by atoms with Gasteiger partial charge in [-0.1, -0.05) is 42.5 Å². The fourth-order valence-electron chi connectivity index (χ4n) is 3.80. The summed E-state index contributed by atoms with van der Waals surface area (Å²) in [6.45, 7) is 3.77. The summed E-state index contributed by atoms with van der Waals surface area (Å²) in [5, 5.41) is 1.28. The standard InChI is InChI=1S/C26H26ClFN2OS.ClH/c1-15-4-7-18(13-23(15)28)21(12-17-5-6-17)24(29)10-11-25-30-26(16(2)32-25)20-9-8-19(31-3)14-22(20)27;/h4,7-9,13-14,17,21,24H,5-6,12,29H2,1-3H3;1H/t21?,24-;/m1./s1. The number of benzene rings is 2. The lowest BCUT2D eigenvalue weighted by Crippen LogP contribution is -2.27. The van der Waals surface area contributed by atoms with Crippen LogP contribution in [0.3, 0.4) is 0 Å². The van der Waals surface area contributed by atoms with Crippen LogP contribution in [0.25, 0.3) is 11.3 Å². The summed E-state index contributed by atoms with van der Waals surface area (Å²) >= 11 is 7.95. The summed E-state index contributed by atoms with van der Waals surface area (Å²) in [7, 11) is 1.61. The second-order valence-corrected chi connectivity index (χ2v) is 9.97. The van der Waals surface area contributed by atoms with Crippen molar-refractivity contribution in [2.24, 2.45) is 11.7 Å². The van der Waals surface area contributed by atoms with Crippen molar-refractivity contribution in [2.75, 3.05) is 7.11 Å². The predicted molar refractivity (Wildman–Crippen MR) is 137 cm³/mol. The van der Waals surface area contributed by atoms with E-state index in [2.05, 4.69) is 11.8 Å². The lowest BCUT2D eigenvalue weighted by Gasteiger charge is -2.21. The maximum atomic E-state index is 14.2. The minimum atomic E-state index is -0.394. The highest BCUT2D eigenvalue weighted by molar-refractivity contribution is 7.12. The Balaban J connectivity index is 0.00000306. The lowest BCUT2D eigenvalue weighted by atomic mass is 9.87. The zero-order valence-corrected chi connectivity index (χ0v) is 21.2. The van der Waals surface area contributed by atoms with E-state index in [9.17, 15) is 4.39 Å². The van der Waals surface area contributed by atoms with Crippen LogP contribution in [0.5, 0.6) is 5.75 Å². The van der Waals surface area contributed by atoms with Crippen molar-refractivity contribution in [3.8, 4) is 28.8 Å². The number of nitrogens with zero attached hydrogens (tertiary/aromatic N) is 1. The molecule has 0 bridgehead atoms. The molecule has 1 aromatic heterocycles. The Morgan fingerprint density at radius 2 is 2.00 bits per heavy atom. The number of aromatic nitrogens is 1. The largest absolute Gasteiger partial charge is 0.497 e. The number of nitrogens with two attached hydrogens (primary N) is 1. The summed E-state index contributed by atoms with van der Waals surface area (Å²) in [5.74, 6) is 7.51. The molecular weight excluding hydrogens is 478 g/mol. The molecule has 1 aliphatic carbocycles. The first-order valence-corrected chi connectivity index (χ1v) is 11.9. The molecular formula is C26H27Cl2FN2OS. The Morgan fingerprint density at radius 3 is 2.64 bits per heavy atom. The molecule has 3 aromatic rings. The van der Waals surface area contributed by atoms with Crippen molar-refractivity contribution in [1.29, 1.82) is 0 Å². The fourth-order valence-corrected chi connectivity index (χ4v) is 4.85. The molecule has 2 atom stereocenters. The van der Waals surface area contributed by atoms with Gasteiger partial charge in [0.15, 0.2) is 5.01 Å². The number of aryl methyl sites for hydroxylation is 2. The summed E-state index contributed by atoms with van der Waals surface area (Å²) in [5.41, 5.74) is 9.74. The van der Waals surface area contributed by atoms with Gasteiger partial charge in [-0.2, -0.15) is 0 Å². The zero-order valence-electron chi connectivity index (χ0n) is 18.8. The molecule has 4 rings (SSSR count). The van der Waals surface area contributed by atoms with Crippen molar-refractivity contribution < 1.29 is 9.13 Å². The molecule has 7 heteroatoms. The molecule has 1 aliphatic rings. The van der Waals surface area contributed by atoms with E-state index in [-0.39, 0.29) is 24.1 Å². The molecule has 0 spiro atoms. The molecule has 0 radical (unpaired) electrons. The van der Waals surface area contributed by atoms with Crippen LogP contribution in [0.15, 0.2) is 36.4 Å². The van der Waals surface area contributed by atoms with Gasteiger partial charge in [0.25, 0.3) is 0 Å². The summed E-state index contributed by atoms with van der Waals surface area (Å²) in [6, 6.07) is 10.6. The third-order valence-electron chi connectivity index (χ3n) is 5.92. The molecule has 1 fully saturated rings. The molecule has 1 unspecified atom stereocenters. The van der Waals surface area contributed by atoms with Crippen LogP contribution in [0.1, 0.15) is 46.2 Å². The lowest BCUT2D eigenvalue weighted by molar-refractivity contribution is 0.415. The molecule has 0 aliphatic heterocycles. The summed E-state index contributed by atoms with van der Waals surface area (Å²) < 4.78 is 19.4. The Bertz CT molecular complexity index is 1200. The van der Waals surface area contributed by atoms with Crippen molar-refractivity contribution in [3.63, 3.8) is 0 Å². The van der Waals surface area contributed by atoms with Gasteiger partial charge in [0.2, 0.25) is 0 Å². The molecule has 0 saturated heterocycles. The molecule has 3 nitrogen and oxygen atoms in total. The summed E-state index contributed by atoms with van der Waals surface area (Å²) in [6.07, 6.45) is 3.35. The zero-order chi connectivity index (χ0) is 22.8. The molecule has 0 amide bonds. The van der Waals surface area contributed by atoms with Gasteiger partial charge in [-0.05, 0) is 67.5 Å². The van der Waals surface area contributed by atoms with Crippen LogP contribution >= 0.6 is 35.3 Å². The Labute approximate surface area is 209 Å². The Hall–Kier alpha value is -2.10. The van der Waals surface area contributed by atoms with E-state index < -0.39 is 6.04 Å². The van der Waals surface area contributed by atoms with Crippen molar-refractivity contribution >= 4 is 35.3 Å². The highest BCUT2D eigenvalue weighted by Gasteiger charge is 2.29. The van der Waals surface area contributed by atoms with Crippen LogP contribution in [0.4, 0.5) is 4.39 Å². The quantitative estimate of drug-likeness (QED) is 0.370. The van der Waals surface area contributed by atoms with Crippen LogP contribution < -0.4 is 10.5 Å². The molecule has 2 N–H and O–H groups in total. The number of hydrogen-bond donors (Lipinski definition) is 1. The van der Waals surface area contributed by atoms with E-state index in [1.54, 1.807) is 26.2 Å². The Kier molecular flexibility index (Phi) is 8.42. The molecule has 1 heterocycles. The SMILES string of the molecule is COc1ccc(-c2nc(C#C[C@@H](N)C(CC3CC3)c3ccc(C)c(F)c3)sc2C)c(Cl)c1.Cl. The number of ether oxygens (including phenoxy) is 1. The predicted octanol–water partition coefficient (Wildman–Crippen LogP) is 6.91. The number of hydrogen-bond acceptors (Lipinski definition) is 4. The first kappa shape index (κ1) is 25.5. The first-order valence-electron chi connectivity index (χ1n) is 10.7. The maximum Gasteiger partial charge on any atom is 0.167 e. The van der Waals surface area contributed by atoms with Crippen LogP contribution in [-0.4, -0.2) is 18.1 Å². The van der Waals surface area contributed by atoms with Gasteiger partial charge in [0.05, 0.1) is 23.9 Å². The molecule has 174 valence electrons. The van der Waals surface area contributed by atoms with E-state index in [4.69, 9.17) is 27.1 Å². The van der Waals surface area contributed by atoms with Gasteiger partial charge in [-0.15, -0.1) is 23.7 Å². The maximum absolute atomic E-state index is 14.2. The van der Waals surface area contributed by atoms with E-state index in [0.29, 0.717) is 27.3 Å². The van der Waals surface area contributed by atoms with Crippen LogP contribution in [-0.2, 0) is 0 Å². The molecule has 33 heavy (non-hydrogen) atoms. The van der Waals surface area contributed by atoms with Gasteiger partial charge in [-0.3, -0.25) is 0 Å². The second kappa shape index (κ2) is 10.9. The van der Waals surface area contributed by atoms with Crippen LogP contribution in [0, 0.1) is 37.4 Å². The minimum Gasteiger partial charge on any atom is -0.497 e. The van der Waals surface area contributed by atoms with Gasteiger partial charge in [0, 0.05) is 16.4 Å². The number of rotatable bonds is 6. The second-order valence-electron chi connectivity index (χ2n) is 8.36. The van der Waals surface area contributed by atoms with Gasteiger partial charge >= 0.3 is 0 Å². The topological polar surface area (TPSA) is 48.1 Å². The van der Waals surface area contributed by atoms with E-state index in [0.717, 1.165) is 28.1 Å². The van der Waals surface area contributed by atoms with E-state index in [1.165, 1.54) is 24.2 Å². The van der Waals surface area contributed by atoms with Crippen molar-refractivity contribution in [2.45, 2.75) is 45.1 Å². The Morgan fingerprint density at radius 1 is 1.24 bits per heavy atom. The number of methoxy groups -OCH3 is 1. The van der Waals surface area contributed by atoms with Gasteiger partial charge in [0.1, 0.15) is 11.6 Å². The third-order valence-corrected chi connectivity index (χ3v) is 7.11.